The molecule has 1 aromatic heterocycles. The number of aromatic nitrogens is 2. The van der Waals surface area contributed by atoms with Crippen LogP contribution in [-0.4, -0.2) is 17.0 Å². The van der Waals surface area contributed by atoms with Crippen LogP contribution in [0.15, 0.2) is 28.9 Å². The van der Waals surface area contributed by atoms with Crippen LogP contribution in [0, 0.1) is 6.92 Å². The third-order valence-corrected chi connectivity index (χ3v) is 3.57. The number of benzene rings is 1. The van der Waals surface area contributed by atoms with Gasteiger partial charge in [0, 0.05) is 16.9 Å². The van der Waals surface area contributed by atoms with Gasteiger partial charge in [0.2, 0.25) is 0 Å². The maximum absolute atomic E-state index is 6.01. The van der Waals surface area contributed by atoms with E-state index in [9.17, 15) is 0 Å². The lowest BCUT2D eigenvalue weighted by molar-refractivity contribution is 0.461. The minimum absolute atomic E-state index is 0.294. The summed E-state index contributed by atoms with van der Waals surface area (Å²) in [4.78, 5) is 8.99. The Morgan fingerprint density at radius 1 is 1.29 bits per heavy atom. The van der Waals surface area contributed by atoms with Gasteiger partial charge in [-0.15, -0.1) is 0 Å². The van der Waals surface area contributed by atoms with Crippen molar-refractivity contribution in [3.05, 3.63) is 46.0 Å². The number of halogens is 1. The van der Waals surface area contributed by atoms with Crippen molar-refractivity contribution < 1.29 is 4.74 Å². The molecule has 0 bridgehead atoms. The highest BCUT2D eigenvalue weighted by Crippen LogP contribution is 2.29. The van der Waals surface area contributed by atoms with Gasteiger partial charge < -0.3 is 10.1 Å². The summed E-state index contributed by atoms with van der Waals surface area (Å²) >= 11 is 3.47. The Labute approximate surface area is 134 Å². The van der Waals surface area contributed by atoms with Gasteiger partial charge >= 0.3 is 0 Å². The third kappa shape index (κ3) is 4.02. The molecule has 1 heterocycles. The van der Waals surface area contributed by atoms with E-state index in [1.165, 1.54) is 0 Å². The molecule has 0 spiro atoms. The molecule has 0 saturated carbocycles. The highest BCUT2D eigenvalue weighted by atomic mass is 79.9. The van der Waals surface area contributed by atoms with Crippen LogP contribution >= 0.6 is 15.9 Å². The van der Waals surface area contributed by atoms with E-state index >= 15 is 0 Å². The molecule has 112 valence electrons. The summed E-state index contributed by atoms with van der Waals surface area (Å²) < 4.78 is 7.00. The van der Waals surface area contributed by atoms with Gasteiger partial charge in [-0.25, -0.2) is 9.97 Å². The first-order chi connectivity index (χ1) is 10.0. The molecule has 2 aromatic rings. The molecule has 0 unspecified atom stereocenters. The first-order valence-corrected chi connectivity index (χ1v) is 7.75. The molecule has 0 fully saturated rings. The Kier molecular flexibility index (Phi) is 5.31. The first-order valence-electron chi connectivity index (χ1n) is 6.95. The molecular formula is C16H20BrN3O. The average molecular weight is 350 g/mol. The maximum atomic E-state index is 6.01. The van der Waals surface area contributed by atoms with Gasteiger partial charge in [0.15, 0.2) is 5.75 Å². The molecule has 0 aliphatic rings. The summed E-state index contributed by atoms with van der Waals surface area (Å²) in [7, 11) is 1.89. The van der Waals surface area contributed by atoms with E-state index in [1.807, 2.05) is 32.2 Å². The van der Waals surface area contributed by atoms with Crippen LogP contribution in [0.5, 0.6) is 11.5 Å². The number of nitrogens with zero attached hydrogens (tertiary/aromatic N) is 2. The minimum atomic E-state index is 0.294. The normalized spacial score (nSPS) is 11.0. The number of hydrogen-bond acceptors (Lipinski definition) is 4. The van der Waals surface area contributed by atoms with E-state index in [1.54, 1.807) is 6.20 Å². The molecule has 0 atom stereocenters. The van der Waals surface area contributed by atoms with Crippen molar-refractivity contribution in [2.24, 2.45) is 0 Å². The number of aryl methyl sites for hydroxylation is 1. The fraction of sp³-hybridized carbons (Fsp3) is 0.375. The molecule has 0 aliphatic carbocycles. The van der Waals surface area contributed by atoms with Crippen LogP contribution < -0.4 is 10.1 Å². The van der Waals surface area contributed by atoms with Crippen LogP contribution in [0.2, 0.25) is 0 Å². The standard InChI is InChI=1S/C16H20BrN3O/c1-10(2)16-19-9-15(13(20-16)8-18-4)21-14-7-12(17)6-5-11(14)3/h5-7,9-10,18H,8H2,1-4H3. The van der Waals surface area contributed by atoms with E-state index in [4.69, 9.17) is 4.74 Å². The topological polar surface area (TPSA) is 47.0 Å². The van der Waals surface area contributed by atoms with Gasteiger partial charge in [0.25, 0.3) is 0 Å². The number of rotatable bonds is 5. The van der Waals surface area contributed by atoms with E-state index in [0.29, 0.717) is 18.2 Å². The molecule has 21 heavy (non-hydrogen) atoms. The minimum Gasteiger partial charge on any atom is -0.453 e. The number of nitrogens with one attached hydrogen (secondary N) is 1. The molecule has 1 N–H and O–H groups in total. The molecule has 1 aromatic carbocycles. The van der Waals surface area contributed by atoms with E-state index in [2.05, 4.69) is 45.1 Å². The lowest BCUT2D eigenvalue weighted by atomic mass is 10.2. The van der Waals surface area contributed by atoms with Crippen molar-refractivity contribution in [1.29, 1.82) is 0 Å². The maximum Gasteiger partial charge on any atom is 0.168 e. The number of ether oxygens (including phenoxy) is 1. The summed E-state index contributed by atoms with van der Waals surface area (Å²) in [6.45, 7) is 6.82. The van der Waals surface area contributed by atoms with Crippen molar-refractivity contribution in [3.8, 4) is 11.5 Å². The van der Waals surface area contributed by atoms with E-state index in [0.717, 1.165) is 27.3 Å². The molecule has 0 radical (unpaired) electrons. The van der Waals surface area contributed by atoms with Gasteiger partial charge in [-0.05, 0) is 31.7 Å². The molecule has 4 nitrogen and oxygen atoms in total. The zero-order chi connectivity index (χ0) is 15.4. The van der Waals surface area contributed by atoms with Crippen molar-refractivity contribution in [2.75, 3.05) is 7.05 Å². The van der Waals surface area contributed by atoms with Gasteiger partial charge in [-0.3, -0.25) is 0 Å². The quantitative estimate of drug-likeness (QED) is 0.879. The first kappa shape index (κ1) is 15.9. The SMILES string of the molecule is CNCc1nc(C(C)C)ncc1Oc1cc(Br)ccc1C. The van der Waals surface area contributed by atoms with E-state index in [-0.39, 0.29) is 0 Å². The lowest BCUT2D eigenvalue weighted by Crippen LogP contribution is -2.11. The number of hydrogen-bond donors (Lipinski definition) is 1. The Bertz CT molecular complexity index is 629. The predicted octanol–water partition coefficient (Wildman–Crippen LogP) is 4.18. The highest BCUT2D eigenvalue weighted by Gasteiger charge is 2.12. The van der Waals surface area contributed by atoms with Crippen molar-refractivity contribution in [3.63, 3.8) is 0 Å². The monoisotopic (exact) mass is 349 g/mol. The van der Waals surface area contributed by atoms with Gasteiger partial charge in [0.05, 0.1) is 6.20 Å². The molecular weight excluding hydrogens is 330 g/mol. The predicted molar refractivity (Wildman–Crippen MR) is 87.8 cm³/mol. The Morgan fingerprint density at radius 3 is 2.71 bits per heavy atom. The molecule has 0 saturated heterocycles. The lowest BCUT2D eigenvalue weighted by Gasteiger charge is -2.14. The summed E-state index contributed by atoms with van der Waals surface area (Å²) in [6.07, 6.45) is 1.76. The second-order valence-corrected chi connectivity index (χ2v) is 6.15. The molecule has 0 aliphatic heterocycles. The fourth-order valence-electron chi connectivity index (χ4n) is 1.88. The Balaban J connectivity index is 2.36. The van der Waals surface area contributed by atoms with Gasteiger partial charge in [0.1, 0.15) is 17.3 Å². The fourth-order valence-corrected chi connectivity index (χ4v) is 2.22. The highest BCUT2D eigenvalue weighted by molar-refractivity contribution is 9.10. The van der Waals surface area contributed by atoms with Crippen LogP contribution in [0.25, 0.3) is 0 Å². The summed E-state index contributed by atoms with van der Waals surface area (Å²) in [5, 5.41) is 3.12. The van der Waals surface area contributed by atoms with Crippen LogP contribution in [-0.2, 0) is 6.54 Å². The Hall–Kier alpha value is -1.46. The largest absolute Gasteiger partial charge is 0.453 e. The molecule has 5 heteroatoms. The second kappa shape index (κ2) is 7.00. The smallest absolute Gasteiger partial charge is 0.168 e. The van der Waals surface area contributed by atoms with Crippen LogP contribution in [0.4, 0.5) is 0 Å². The van der Waals surface area contributed by atoms with Crippen LogP contribution in [0.1, 0.15) is 36.8 Å². The Morgan fingerprint density at radius 2 is 2.05 bits per heavy atom. The van der Waals surface area contributed by atoms with Crippen molar-refractivity contribution in [2.45, 2.75) is 33.2 Å². The second-order valence-electron chi connectivity index (χ2n) is 5.24. The van der Waals surface area contributed by atoms with E-state index < -0.39 is 0 Å². The zero-order valence-corrected chi connectivity index (χ0v) is 14.4. The van der Waals surface area contributed by atoms with Crippen molar-refractivity contribution >= 4 is 15.9 Å². The molecule has 0 amide bonds. The summed E-state index contributed by atoms with van der Waals surface area (Å²) in [6, 6.07) is 5.96. The summed E-state index contributed by atoms with van der Waals surface area (Å²) in [5.41, 5.74) is 1.94. The molecule has 2 rings (SSSR count). The van der Waals surface area contributed by atoms with Crippen LogP contribution in [0.3, 0.4) is 0 Å². The zero-order valence-electron chi connectivity index (χ0n) is 12.8. The van der Waals surface area contributed by atoms with Gasteiger partial charge in [-0.1, -0.05) is 35.8 Å². The van der Waals surface area contributed by atoms with Crippen molar-refractivity contribution in [1.82, 2.24) is 15.3 Å². The van der Waals surface area contributed by atoms with Gasteiger partial charge in [-0.2, -0.15) is 0 Å². The average Bonchev–Trinajstić information content (AvgIpc) is 2.44. The summed E-state index contributed by atoms with van der Waals surface area (Å²) in [5.74, 6) is 2.62. The third-order valence-electron chi connectivity index (χ3n) is 3.08.